The molecule has 7 atom stereocenters. The summed E-state index contributed by atoms with van der Waals surface area (Å²) >= 11 is 0. The monoisotopic (exact) mass is 414 g/mol. The van der Waals surface area contributed by atoms with Gasteiger partial charge in [0, 0.05) is 6.61 Å². The standard InChI is InChI=1S/C29H50O/c1-20(14-17-27(3,4)21(2)19-30)24-12-13-25-23-11-10-22-9-7-8-16-28(22,5)26(23)15-18-29(24,25)6/h20-22,24-25,30H,7-19H2,1-6H3/t20-,21?,22?,24-,25+,28+,29-/m1/s1. The quantitative estimate of drug-likeness (QED) is 0.434. The summed E-state index contributed by atoms with van der Waals surface area (Å²) in [6.07, 6.45) is 17.2. The average Bonchev–Trinajstić information content (AvgIpc) is 3.08. The molecule has 4 aliphatic rings. The fourth-order valence-electron chi connectivity index (χ4n) is 8.76. The van der Waals surface area contributed by atoms with E-state index in [-0.39, 0.29) is 5.41 Å². The summed E-state index contributed by atoms with van der Waals surface area (Å²) < 4.78 is 0. The van der Waals surface area contributed by atoms with Gasteiger partial charge in [-0.2, -0.15) is 0 Å². The Bertz CT molecular complexity index is 659. The van der Waals surface area contributed by atoms with Crippen molar-refractivity contribution in [2.75, 3.05) is 6.61 Å². The molecule has 30 heavy (non-hydrogen) atoms. The number of aliphatic hydroxyl groups is 1. The summed E-state index contributed by atoms with van der Waals surface area (Å²) in [6.45, 7) is 15.2. The first kappa shape index (κ1) is 22.9. The second-order valence-corrected chi connectivity index (χ2v) is 13.2. The third-order valence-electron chi connectivity index (χ3n) is 11.5. The highest BCUT2D eigenvalue weighted by molar-refractivity contribution is 5.34. The van der Waals surface area contributed by atoms with Gasteiger partial charge in [-0.05, 0) is 110 Å². The molecule has 2 saturated carbocycles. The first-order chi connectivity index (χ1) is 14.1. The predicted molar refractivity (Wildman–Crippen MR) is 128 cm³/mol. The van der Waals surface area contributed by atoms with E-state index in [1.165, 1.54) is 77.0 Å². The van der Waals surface area contributed by atoms with E-state index >= 15 is 0 Å². The minimum absolute atomic E-state index is 0.248. The fraction of sp³-hybridized carbons (Fsp3) is 0.931. The molecule has 1 nitrogen and oxygen atoms in total. The summed E-state index contributed by atoms with van der Waals surface area (Å²) in [7, 11) is 0. The van der Waals surface area contributed by atoms with E-state index in [4.69, 9.17) is 0 Å². The lowest BCUT2D eigenvalue weighted by atomic mass is 9.50. The van der Waals surface area contributed by atoms with Gasteiger partial charge >= 0.3 is 0 Å². The van der Waals surface area contributed by atoms with Crippen molar-refractivity contribution in [2.24, 2.45) is 45.8 Å². The second kappa shape index (κ2) is 8.24. The summed E-state index contributed by atoms with van der Waals surface area (Å²) in [6, 6.07) is 0. The molecule has 0 bridgehead atoms. The average molecular weight is 415 g/mol. The minimum Gasteiger partial charge on any atom is -0.396 e. The van der Waals surface area contributed by atoms with Crippen LogP contribution in [0.2, 0.25) is 0 Å². The van der Waals surface area contributed by atoms with Gasteiger partial charge in [0.1, 0.15) is 0 Å². The molecule has 0 saturated heterocycles. The van der Waals surface area contributed by atoms with Crippen molar-refractivity contribution in [1.29, 1.82) is 0 Å². The molecule has 172 valence electrons. The topological polar surface area (TPSA) is 20.2 Å². The zero-order valence-corrected chi connectivity index (χ0v) is 21.0. The summed E-state index contributed by atoms with van der Waals surface area (Å²) in [5.41, 5.74) is 5.28. The number of hydrogen-bond donors (Lipinski definition) is 1. The Morgan fingerprint density at radius 2 is 1.77 bits per heavy atom. The lowest BCUT2D eigenvalue weighted by Gasteiger charge is -2.54. The Morgan fingerprint density at radius 3 is 2.50 bits per heavy atom. The SMILES string of the molecule is CC(CO)C(C)(C)CC[C@@H](C)[C@H]1CC[C@H]2C3=C(CC[C@]12C)[C@@]1(C)CCCCC1CC3. The zero-order chi connectivity index (χ0) is 21.7. The first-order valence-electron chi connectivity index (χ1n) is 13.5. The summed E-state index contributed by atoms with van der Waals surface area (Å²) in [5.74, 6) is 3.98. The van der Waals surface area contributed by atoms with Gasteiger partial charge in [0.2, 0.25) is 0 Å². The minimum atomic E-state index is 0.248. The molecule has 0 amide bonds. The number of fused-ring (bicyclic) bond motifs is 4. The van der Waals surface area contributed by atoms with Crippen LogP contribution in [0.15, 0.2) is 11.1 Å². The van der Waals surface area contributed by atoms with E-state index in [2.05, 4.69) is 41.5 Å². The Kier molecular flexibility index (Phi) is 6.28. The van der Waals surface area contributed by atoms with E-state index in [1.54, 1.807) is 0 Å². The van der Waals surface area contributed by atoms with Gasteiger partial charge in [0.15, 0.2) is 0 Å². The third-order valence-corrected chi connectivity index (χ3v) is 11.5. The molecule has 4 rings (SSSR count). The molecule has 0 heterocycles. The van der Waals surface area contributed by atoms with E-state index < -0.39 is 0 Å². The lowest BCUT2D eigenvalue weighted by molar-refractivity contribution is 0.0586. The highest BCUT2D eigenvalue weighted by Gasteiger charge is 2.55. The van der Waals surface area contributed by atoms with Crippen LogP contribution < -0.4 is 0 Å². The Hall–Kier alpha value is -0.300. The molecular weight excluding hydrogens is 364 g/mol. The van der Waals surface area contributed by atoms with Crippen LogP contribution >= 0.6 is 0 Å². The highest BCUT2D eigenvalue weighted by Crippen LogP contribution is 2.66. The van der Waals surface area contributed by atoms with Gasteiger partial charge in [0.25, 0.3) is 0 Å². The summed E-state index contributed by atoms with van der Waals surface area (Å²) in [5, 5.41) is 9.65. The molecule has 0 aromatic rings. The molecule has 1 heteroatoms. The maximum Gasteiger partial charge on any atom is 0.0461 e. The molecule has 0 aliphatic heterocycles. The Morgan fingerprint density at radius 1 is 1.00 bits per heavy atom. The first-order valence-corrected chi connectivity index (χ1v) is 13.5. The third kappa shape index (κ3) is 3.64. The molecule has 2 fully saturated rings. The molecular formula is C29H50O. The normalized spacial score (nSPS) is 41.1. The molecule has 1 N–H and O–H groups in total. The van der Waals surface area contributed by atoms with Crippen LogP contribution in [0.25, 0.3) is 0 Å². The molecule has 0 spiro atoms. The number of hydrogen-bond acceptors (Lipinski definition) is 1. The van der Waals surface area contributed by atoms with Crippen molar-refractivity contribution in [1.82, 2.24) is 0 Å². The number of rotatable bonds is 6. The smallest absolute Gasteiger partial charge is 0.0461 e. The largest absolute Gasteiger partial charge is 0.396 e. The molecule has 0 radical (unpaired) electrons. The maximum absolute atomic E-state index is 9.65. The maximum atomic E-state index is 9.65. The zero-order valence-electron chi connectivity index (χ0n) is 21.0. The van der Waals surface area contributed by atoms with Crippen molar-refractivity contribution in [3.8, 4) is 0 Å². The van der Waals surface area contributed by atoms with Crippen LogP contribution in [0, 0.1) is 45.8 Å². The predicted octanol–water partition coefficient (Wildman–Crippen LogP) is 8.17. The van der Waals surface area contributed by atoms with Crippen molar-refractivity contribution >= 4 is 0 Å². The van der Waals surface area contributed by atoms with Crippen molar-refractivity contribution in [3.63, 3.8) is 0 Å². The van der Waals surface area contributed by atoms with Crippen LogP contribution in [0.1, 0.15) is 119 Å². The molecule has 4 aliphatic carbocycles. The molecule has 0 aromatic carbocycles. The van der Waals surface area contributed by atoms with Gasteiger partial charge in [0.05, 0.1) is 0 Å². The molecule has 0 aromatic heterocycles. The highest BCUT2D eigenvalue weighted by atomic mass is 16.3. The number of aliphatic hydroxyl groups excluding tert-OH is 1. The van der Waals surface area contributed by atoms with Crippen molar-refractivity contribution < 1.29 is 5.11 Å². The van der Waals surface area contributed by atoms with Crippen LogP contribution in [0.5, 0.6) is 0 Å². The van der Waals surface area contributed by atoms with E-state index in [1.807, 2.05) is 11.1 Å². The van der Waals surface area contributed by atoms with Gasteiger partial charge < -0.3 is 5.11 Å². The van der Waals surface area contributed by atoms with E-state index in [9.17, 15) is 5.11 Å². The Balaban J connectivity index is 1.50. The molecule has 2 unspecified atom stereocenters. The van der Waals surface area contributed by atoms with Crippen LogP contribution in [-0.4, -0.2) is 11.7 Å². The van der Waals surface area contributed by atoms with Gasteiger partial charge in [-0.1, -0.05) is 65.5 Å². The lowest BCUT2D eigenvalue weighted by Crippen LogP contribution is -2.43. The Labute approximate surface area is 187 Å². The van der Waals surface area contributed by atoms with Gasteiger partial charge in [-0.25, -0.2) is 0 Å². The van der Waals surface area contributed by atoms with Crippen molar-refractivity contribution in [3.05, 3.63) is 11.1 Å². The van der Waals surface area contributed by atoms with Gasteiger partial charge in [-0.3, -0.25) is 0 Å². The van der Waals surface area contributed by atoms with Crippen LogP contribution in [-0.2, 0) is 0 Å². The van der Waals surface area contributed by atoms with Gasteiger partial charge in [-0.15, -0.1) is 0 Å². The second-order valence-electron chi connectivity index (χ2n) is 13.2. The van der Waals surface area contributed by atoms with Crippen molar-refractivity contribution in [2.45, 2.75) is 119 Å². The van der Waals surface area contributed by atoms with E-state index in [0.717, 1.165) is 23.7 Å². The fourth-order valence-corrected chi connectivity index (χ4v) is 8.76. The summed E-state index contributed by atoms with van der Waals surface area (Å²) in [4.78, 5) is 0. The van der Waals surface area contributed by atoms with E-state index in [0.29, 0.717) is 23.4 Å². The number of allylic oxidation sites excluding steroid dienone is 2. The van der Waals surface area contributed by atoms with Crippen LogP contribution in [0.3, 0.4) is 0 Å². The van der Waals surface area contributed by atoms with Crippen LogP contribution in [0.4, 0.5) is 0 Å².